The van der Waals surface area contributed by atoms with Crippen molar-refractivity contribution in [2.75, 3.05) is 41.1 Å². The fourth-order valence-electron chi connectivity index (χ4n) is 5.36. The van der Waals surface area contributed by atoms with Crippen LogP contribution in [-0.2, 0) is 13.0 Å². The number of hydrogen-bond acceptors (Lipinski definition) is 5. The van der Waals surface area contributed by atoms with Crippen molar-refractivity contribution in [3.05, 3.63) is 41.5 Å². The van der Waals surface area contributed by atoms with E-state index in [1.807, 2.05) is 0 Å². The molecule has 2 aliphatic heterocycles. The smallest absolute Gasteiger partial charge is 0.161 e. The first-order valence-corrected chi connectivity index (χ1v) is 10.8. The van der Waals surface area contributed by atoms with Gasteiger partial charge in [0.1, 0.15) is 5.75 Å². The minimum absolute atomic E-state index is 0.580. The predicted molar refractivity (Wildman–Crippen MR) is 121 cm³/mol. The molecular formula is C25H30N2O3. The fraction of sp³-hybridized carbons (Fsp3) is 0.440. The normalized spacial score (nSPS) is 19.1. The topological polar surface area (TPSA) is 34.2 Å². The predicted octanol–water partition coefficient (Wildman–Crippen LogP) is 4.43. The number of hydrogen-bond donors (Lipinski definition) is 0. The largest absolute Gasteiger partial charge is 0.497 e. The van der Waals surface area contributed by atoms with Crippen molar-refractivity contribution in [1.29, 1.82) is 0 Å². The summed E-state index contributed by atoms with van der Waals surface area (Å²) in [5.41, 5.74) is 2.91. The first kappa shape index (κ1) is 19.5. The SMILES string of the molecule is CCCN1C[C@@H]2Cc3c(c4ccc(OC)cc4c4cc(OC)c(OC)cc34)CN2C1. The first-order valence-electron chi connectivity index (χ1n) is 10.8. The standard InChI is InChI=1S/C25H30N2O3/c1-5-8-26-13-16-9-19-21-11-24(29-3)25(30-4)12-22(21)20-10-17(28-2)6-7-18(20)23(19)14-27(16)15-26/h6-7,10-12,16H,5,8-9,13-15H2,1-4H3/t16-/m0/s1. The van der Waals surface area contributed by atoms with Crippen LogP contribution in [0.2, 0.25) is 0 Å². The van der Waals surface area contributed by atoms with Crippen molar-refractivity contribution in [2.45, 2.75) is 32.4 Å². The number of benzene rings is 3. The van der Waals surface area contributed by atoms with E-state index in [0.717, 1.165) is 43.4 Å². The van der Waals surface area contributed by atoms with E-state index < -0.39 is 0 Å². The average Bonchev–Trinajstić information content (AvgIpc) is 3.18. The second-order valence-electron chi connectivity index (χ2n) is 8.44. The van der Waals surface area contributed by atoms with Crippen molar-refractivity contribution in [1.82, 2.24) is 9.80 Å². The second-order valence-corrected chi connectivity index (χ2v) is 8.44. The van der Waals surface area contributed by atoms with Gasteiger partial charge in [-0.15, -0.1) is 0 Å². The van der Waals surface area contributed by atoms with Crippen LogP contribution in [0.15, 0.2) is 30.3 Å². The van der Waals surface area contributed by atoms with E-state index >= 15 is 0 Å². The third-order valence-corrected chi connectivity index (χ3v) is 6.76. The molecule has 3 aromatic carbocycles. The highest BCUT2D eigenvalue weighted by Crippen LogP contribution is 2.43. The molecule has 0 saturated carbocycles. The molecule has 158 valence electrons. The molecule has 0 unspecified atom stereocenters. The van der Waals surface area contributed by atoms with E-state index in [-0.39, 0.29) is 0 Å². The molecule has 0 radical (unpaired) electrons. The highest BCUT2D eigenvalue weighted by Gasteiger charge is 2.35. The second kappa shape index (κ2) is 7.64. The zero-order valence-corrected chi connectivity index (χ0v) is 18.3. The molecule has 3 aromatic rings. The number of fused-ring (bicyclic) bond motifs is 7. The Morgan fingerprint density at radius 2 is 1.60 bits per heavy atom. The van der Waals surface area contributed by atoms with Gasteiger partial charge in [-0.1, -0.05) is 13.0 Å². The van der Waals surface area contributed by atoms with Gasteiger partial charge < -0.3 is 14.2 Å². The number of ether oxygens (including phenoxy) is 3. The van der Waals surface area contributed by atoms with Crippen molar-refractivity contribution in [3.63, 3.8) is 0 Å². The van der Waals surface area contributed by atoms with Crippen LogP contribution in [-0.4, -0.2) is 56.9 Å². The Balaban J connectivity index is 1.75. The zero-order chi connectivity index (χ0) is 20.8. The van der Waals surface area contributed by atoms with Gasteiger partial charge in [-0.3, -0.25) is 9.80 Å². The summed E-state index contributed by atoms with van der Waals surface area (Å²) in [6, 6.07) is 11.3. The van der Waals surface area contributed by atoms with Crippen LogP contribution in [0.1, 0.15) is 24.5 Å². The monoisotopic (exact) mass is 406 g/mol. The van der Waals surface area contributed by atoms with Gasteiger partial charge in [-0.05, 0) is 76.3 Å². The van der Waals surface area contributed by atoms with Crippen molar-refractivity contribution in [3.8, 4) is 17.2 Å². The summed E-state index contributed by atoms with van der Waals surface area (Å²) in [4.78, 5) is 5.24. The summed E-state index contributed by atoms with van der Waals surface area (Å²) < 4.78 is 16.8. The van der Waals surface area contributed by atoms with Gasteiger partial charge in [0, 0.05) is 19.1 Å². The lowest BCUT2D eigenvalue weighted by Gasteiger charge is -2.32. The van der Waals surface area contributed by atoms with E-state index in [1.165, 1.54) is 45.6 Å². The molecule has 30 heavy (non-hydrogen) atoms. The van der Waals surface area contributed by atoms with Gasteiger partial charge in [0.15, 0.2) is 11.5 Å². The molecule has 2 aliphatic rings. The van der Waals surface area contributed by atoms with Gasteiger partial charge in [0.2, 0.25) is 0 Å². The summed E-state index contributed by atoms with van der Waals surface area (Å²) >= 11 is 0. The Hall–Kier alpha value is -2.50. The van der Waals surface area contributed by atoms with Gasteiger partial charge in [0.05, 0.1) is 28.0 Å². The maximum atomic E-state index is 5.66. The van der Waals surface area contributed by atoms with Gasteiger partial charge in [-0.25, -0.2) is 0 Å². The Labute approximate surface area is 178 Å². The van der Waals surface area contributed by atoms with Crippen LogP contribution in [0.3, 0.4) is 0 Å². The van der Waals surface area contributed by atoms with Crippen molar-refractivity contribution < 1.29 is 14.2 Å². The molecule has 5 nitrogen and oxygen atoms in total. The molecule has 5 rings (SSSR count). The van der Waals surface area contributed by atoms with E-state index in [4.69, 9.17) is 14.2 Å². The minimum atomic E-state index is 0.580. The third kappa shape index (κ3) is 2.99. The molecule has 0 N–H and O–H groups in total. The summed E-state index contributed by atoms with van der Waals surface area (Å²) in [5.74, 6) is 2.43. The molecule has 0 amide bonds. The summed E-state index contributed by atoms with van der Waals surface area (Å²) in [5, 5.41) is 5.01. The lowest BCUT2D eigenvalue weighted by molar-refractivity contribution is 0.204. The number of nitrogens with zero attached hydrogens (tertiary/aromatic N) is 2. The van der Waals surface area contributed by atoms with Crippen LogP contribution < -0.4 is 14.2 Å². The molecule has 0 spiro atoms. The van der Waals surface area contributed by atoms with E-state index in [0.29, 0.717) is 6.04 Å². The molecule has 1 saturated heterocycles. The van der Waals surface area contributed by atoms with E-state index in [9.17, 15) is 0 Å². The lowest BCUT2D eigenvalue weighted by atomic mass is 9.85. The Morgan fingerprint density at radius 1 is 0.867 bits per heavy atom. The van der Waals surface area contributed by atoms with E-state index in [2.05, 4.69) is 47.1 Å². The van der Waals surface area contributed by atoms with Crippen LogP contribution in [0.25, 0.3) is 21.5 Å². The molecular weight excluding hydrogens is 376 g/mol. The zero-order valence-electron chi connectivity index (χ0n) is 18.3. The molecule has 0 aliphatic carbocycles. The fourth-order valence-corrected chi connectivity index (χ4v) is 5.36. The maximum Gasteiger partial charge on any atom is 0.161 e. The van der Waals surface area contributed by atoms with Gasteiger partial charge in [0.25, 0.3) is 0 Å². The quantitative estimate of drug-likeness (QED) is 0.586. The molecule has 5 heteroatoms. The van der Waals surface area contributed by atoms with Crippen LogP contribution in [0.5, 0.6) is 17.2 Å². The van der Waals surface area contributed by atoms with Crippen molar-refractivity contribution in [2.24, 2.45) is 0 Å². The molecule has 0 aromatic heterocycles. The van der Waals surface area contributed by atoms with E-state index in [1.54, 1.807) is 21.3 Å². The third-order valence-electron chi connectivity index (χ3n) is 6.76. The lowest BCUT2D eigenvalue weighted by Crippen LogP contribution is -2.36. The summed E-state index contributed by atoms with van der Waals surface area (Å²) in [6.07, 6.45) is 2.28. The van der Waals surface area contributed by atoms with Crippen LogP contribution in [0, 0.1) is 0 Å². The van der Waals surface area contributed by atoms with Gasteiger partial charge >= 0.3 is 0 Å². The average molecular weight is 407 g/mol. The number of methoxy groups -OCH3 is 3. The molecule has 0 bridgehead atoms. The Kier molecular flexibility index (Phi) is 4.95. The molecule has 2 heterocycles. The summed E-state index contributed by atoms with van der Waals surface area (Å²) in [7, 11) is 5.13. The first-order chi connectivity index (χ1) is 14.7. The Bertz CT molecular complexity index is 1110. The molecule has 1 atom stereocenters. The number of rotatable bonds is 5. The van der Waals surface area contributed by atoms with Gasteiger partial charge in [-0.2, -0.15) is 0 Å². The molecule has 1 fully saturated rings. The van der Waals surface area contributed by atoms with Crippen LogP contribution >= 0.6 is 0 Å². The maximum absolute atomic E-state index is 5.66. The van der Waals surface area contributed by atoms with Crippen molar-refractivity contribution >= 4 is 21.5 Å². The minimum Gasteiger partial charge on any atom is -0.497 e. The Morgan fingerprint density at radius 3 is 2.30 bits per heavy atom. The highest BCUT2D eigenvalue weighted by atomic mass is 16.5. The highest BCUT2D eigenvalue weighted by molar-refractivity contribution is 6.12. The summed E-state index contributed by atoms with van der Waals surface area (Å²) in [6.45, 7) is 6.66. The van der Waals surface area contributed by atoms with Crippen LogP contribution in [0.4, 0.5) is 0 Å².